The normalized spacial score (nSPS) is 20.8. The van der Waals surface area contributed by atoms with Crippen molar-refractivity contribution < 1.29 is 14.3 Å². The fraction of sp³-hybridized carbons (Fsp3) is 0.484. The molecule has 5 rings (SSSR count). The molecule has 228 valence electrons. The molecule has 1 N–H and O–H groups in total. The van der Waals surface area contributed by atoms with Gasteiger partial charge in [0.25, 0.3) is 0 Å². The minimum Gasteiger partial charge on any atom is -0.392 e. The number of halogens is 1. The van der Waals surface area contributed by atoms with Crippen LogP contribution in [0.3, 0.4) is 0 Å². The Morgan fingerprint density at radius 2 is 2.09 bits per heavy atom. The number of aryl methyl sites for hydroxylation is 1. The zero-order valence-corrected chi connectivity index (χ0v) is 26.3. The SMILES string of the molecule is C=C1C(C(=O)N=O)=C2SC(C)N2c2cc(C=C3CCCN(CCCCCC(O)Cp4c(N=O)cnc4C)CC3)c(F)cc21. The first kappa shape index (κ1) is 31.4. The first-order valence-corrected chi connectivity index (χ1v) is 17.2. The van der Waals surface area contributed by atoms with Crippen molar-refractivity contribution in [3.05, 3.63) is 73.3 Å². The maximum absolute atomic E-state index is 15.3. The largest absolute Gasteiger partial charge is 0.392 e. The summed E-state index contributed by atoms with van der Waals surface area (Å²) in [6.07, 6.45) is 10.1. The Labute approximate surface area is 256 Å². The number of carbonyl (C=O) groups excluding carboxylic acids is 1. The maximum Gasteiger partial charge on any atom is 0.320 e. The van der Waals surface area contributed by atoms with Gasteiger partial charge in [-0.05, 0) is 81.9 Å². The van der Waals surface area contributed by atoms with Gasteiger partial charge < -0.3 is 14.9 Å². The van der Waals surface area contributed by atoms with Gasteiger partial charge in [-0.15, -0.1) is 9.81 Å². The van der Waals surface area contributed by atoms with Crippen LogP contribution in [0.25, 0.3) is 11.6 Å². The van der Waals surface area contributed by atoms with Gasteiger partial charge in [0, 0.05) is 29.0 Å². The lowest BCUT2D eigenvalue weighted by Crippen LogP contribution is -2.43. The Morgan fingerprint density at radius 1 is 1.28 bits per heavy atom. The highest BCUT2D eigenvalue weighted by Gasteiger charge is 2.42. The molecule has 3 atom stereocenters. The summed E-state index contributed by atoms with van der Waals surface area (Å²) >= 11 is 1.48. The lowest BCUT2D eigenvalue weighted by molar-refractivity contribution is -0.114. The number of amides is 1. The first-order chi connectivity index (χ1) is 20.7. The third-order valence-corrected chi connectivity index (χ3v) is 12.1. The van der Waals surface area contributed by atoms with Crippen LogP contribution in [0.4, 0.5) is 15.5 Å². The van der Waals surface area contributed by atoms with Crippen molar-refractivity contribution in [2.24, 2.45) is 10.4 Å². The molecule has 3 unspecified atom stereocenters. The van der Waals surface area contributed by atoms with Crippen molar-refractivity contribution in [1.82, 2.24) is 9.88 Å². The number of hydrogen-bond acceptors (Lipinski definition) is 9. The second kappa shape index (κ2) is 13.8. The molecule has 4 heterocycles. The van der Waals surface area contributed by atoms with E-state index in [1.165, 1.54) is 29.6 Å². The lowest BCUT2D eigenvalue weighted by atomic mass is 9.91. The Hall–Kier alpha value is -2.98. The number of likely N-dealkylation sites (tertiary alicyclic amines) is 1. The second-order valence-corrected chi connectivity index (χ2v) is 15.0. The van der Waals surface area contributed by atoms with E-state index in [-0.39, 0.29) is 16.8 Å². The number of benzene rings is 1. The van der Waals surface area contributed by atoms with Crippen molar-refractivity contribution in [1.29, 1.82) is 0 Å². The molecule has 0 radical (unpaired) electrons. The summed E-state index contributed by atoms with van der Waals surface area (Å²) in [4.78, 5) is 42.8. The minimum atomic E-state index is -0.877. The average Bonchev–Trinajstić information content (AvgIpc) is 3.17. The van der Waals surface area contributed by atoms with Gasteiger partial charge in [-0.3, -0.25) is 9.78 Å². The van der Waals surface area contributed by atoms with E-state index >= 15 is 4.39 Å². The number of carbonyl (C=O) groups is 1. The number of nitroso groups, excluding NO2 is 2. The van der Waals surface area contributed by atoms with Crippen molar-refractivity contribution in [2.75, 3.05) is 24.5 Å². The molecule has 2 aromatic rings. The number of rotatable bonds is 11. The second-order valence-electron chi connectivity index (χ2n) is 11.4. The summed E-state index contributed by atoms with van der Waals surface area (Å²) in [5.74, 6) is -1.26. The van der Waals surface area contributed by atoms with Gasteiger partial charge in [0.1, 0.15) is 11.2 Å². The van der Waals surface area contributed by atoms with Crippen molar-refractivity contribution in [3.8, 4) is 0 Å². The number of aliphatic hydroxyl groups is 1. The molecule has 43 heavy (non-hydrogen) atoms. The summed E-state index contributed by atoms with van der Waals surface area (Å²) in [6, 6.07) is 3.26. The Morgan fingerprint density at radius 3 is 2.84 bits per heavy atom. The number of aromatic nitrogens is 1. The van der Waals surface area contributed by atoms with Crippen molar-refractivity contribution in [3.63, 3.8) is 0 Å². The quantitative estimate of drug-likeness (QED) is 0.198. The zero-order chi connectivity index (χ0) is 30.7. The number of aliphatic hydroxyl groups excluding tert-OH is 1. The van der Waals surface area contributed by atoms with Crippen LogP contribution < -0.4 is 4.90 Å². The van der Waals surface area contributed by atoms with E-state index < -0.39 is 19.5 Å². The highest BCUT2D eigenvalue weighted by atomic mass is 32.2. The van der Waals surface area contributed by atoms with Crippen LogP contribution in [-0.2, 0) is 11.0 Å². The van der Waals surface area contributed by atoms with E-state index in [9.17, 15) is 19.7 Å². The standard InChI is InChI=1S/C31H37FN5O4PS/c1-19-25-16-26(32)23(15-27(25)37-21(3)43-31(37)29(19)30(39)35-41)14-22-8-7-12-36(13-10-22)11-6-4-5-9-24(38)18-42-20(2)33-17-28(42)34-40/h14-17,21,24,38H,1,4-13,18H2,2-3H3. The monoisotopic (exact) mass is 625 g/mol. The van der Waals surface area contributed by atoms with E-state index in [1.54, 1.807) is 0 Å². The van der Waals surface area contributed by atoms with E-state index in [2.05, 4.69) is 26.8 Å². The smallest absolute Gasteiger partial charge is 0.320 e. The van der Waals surface area contributed by atoms with Gasteiger partial charge in [-0.1, -0.05) is 50.4 Å². The van der Waals surface area contributed by atoms with E-state index in [0.717, 1.165) is 69.3 Å². The van der Waals surface area contributed by atoms with Crippen LogP contribution in [0.2, 0.25) is 0 Å². The van der Waals surface area contributed by atoms with Crippen LogP contribution in [0.1, 0.15) is 68.4 Å². The topological polar surface area (TPSA) is 116 Å². The van der Waals surface area contributed by atoms with E-state index in [0.29, 0.717) is 39.7 Å². The van der Waals surface area contributed by atoms with Gasteiger partial charge >= 0.3 is 5.91 Å². The number of hydrogen-bond donors (Lipinski definition) is 1. The lowest BCUT2D eigenvalue weighted by Gasteiger charge is -2.47. The van der Waals surface area contributed by atoms with Crippen LogP contribution in [0.5, 0.6) is 0 Å². The number of anilines is 1. The molecule has 3 aliphatic rings. The van der Waals surface area contributed by atoms with Gasteiger partial charge in [0.2, 0.25) is 0 Å². The highest BCUT2D eigenvalue weighted by Crippen LogP contribution is 2.54. The zero-order valence-electron chi connectivity index (χ0n) is 24.6. The molecule has 1 amide bonds. The number of fused-ring (bicyclic) bond motifs is 3. The minimum absolute atomic E-state index is 0.0496. The van der Waals surface area contributed by atoms with Gasteiger partial charge in [-0.25, -0.2) is 4.39 Å². The molecule has 1 aromatic heterocycles. The van der Waals surface area contributed by atoms with Gasteiger partial charge in [-0.2, -0.15) is 0 Å². The van der Waals surface area contributed by atoms with E-state index in [1.807, 2.05) is 30.9 Å². The first-order valence-electron chi connectivity index (χ1n) is 14.8. The predicted molar refractivity (Wildman–Crippen MR) is 173 cm³/mol. The Kier molecular flexibility index (Phi) is 10.1. The summed E-state index contributed by atoms with van der Waals surface area (Å²) < 4.78 is 15.3. The average molecular weight is 626 g/mol. The molecular weight excluding hydrogens is 588 g/mol. The van der Waals surface area contributed by atoms with Gasteiger partial charge in [0.15, 0.2) is 0 Å². The molecule has 1 aromatic carbocycles. The van der Waals surface area contributed by atoms with Gasteiger partial charge in [0.05, 0.1) is 39.4 Å². The Bertz CT molecular complexity index is 1510. The highest BCUT2D eigenvalue weighted by molar-refractivity contribution is 8.05. The Balaban J connectivity index is 1.13. The molecule has 12 heteroatoms. The third kappa shape index (κ3) is 6.75. The van der Waals surface area contributed by atoms with Crippen LogP contribution in [-0.4, -0.2) is 52.0 Å². The summed E-state index contributed by atoms with van der Waals surface area (Å²) in [6.45, 7) is 10.8. The van der Waals surface area contributed by atoms with Crippen molar-refractivity contribution >= 4 is 48.0 Å². The number of nitrogens with zero attached hydrogens (tertiary/aromatic N) is 5. The molecule has 2 saturated heterocycles. The fourth-order valence-corrected chi connectivity index (χ4v) is 9.20. The molecule has 0 spiro atoms. The molecule has 0 saturated carbocycles. The summed E-state index contributed by atoms with van der Waals surface area (Å²) in [5.41, 5.74) is 4.92. The van der Waals surface area contributed by atoms with Crippen LogP contribution in [0.15, 0.2) is 51.4 Å². The maximum atomic E-state index is 15.3. The fourth-order valence-electron chi connectivity index (χ4n) is 6.14. The number of unbranched alkanes of at least 4 members (excludes halogenated alkanes) is 2. The molecule has 3 aliphatic heterocycles. The van der Waals surface area contributed by atoms with Crippen LogP contribution in [0, 0.1) is 22.6 Å². The molecule has 0 bridgehead atoms. The molecular formula is C31H37FN5O4PS. The molecule has 9 nitrogen and oxygen atoms in total. The van der Waals surface area contributed by atoms with Crippen molar-refractivity contribution in [2.45, 2.75) is 76.4 Å². The number of thioether (sulfide) groups is 1. The predicted octanol–water partition coefficient (Wildman–Crippen LogP) is 7.84. The summed E-state index contributed by atoms with van der Waals surface area (Å²) in [5, 5.41) is 16.8. The summed E-state index contributed by atoms with van der Waals surface area (Å²) in [7, 11) is -0.876. The van der Waals surface area contributed by atoms with Crippen LogP contribution >= 0.6 is 19.3 Å². The van der Waals surface area contributed by atoms with E-state index in [4.69, 9.17) is 0 Å². The molecule has 2 fully saturated rings. The molecule has 0 aliphatic carbocycles. The third-order valence-electron chi connectivity index (χ3n) is 8.49.